The molecule has 2 rings (SSSR count). The molecule has 1 unspecified atom stereocenters. The SMILES string of the molecule is CCNC(=NCc1cccc(OC)c1OC)NCC(C)(O)c1ccsc1.I. The molecule has 1 heterocycles. The summed E-state index contributed by atoms with van der Waals surface area (Å²) in [5.74, 6) is 1.99. The van der Waals surface area contributed by atoms with Crippen molar-refractivity contribution in [2.45, 2.75) is 26.0 Å². The number of nitrogens with one attached hydrogen (secondary N) is 2. The van der Waals surface area contributed by atoms with Crippen molar-refractivity contribution in [2.24, 2.45) is 4.99 Å². The number of rotatable bonds is 8. The lowest BCUT2D eigenvalue weighted by Gasteiger charge is -2.24. The van der Waals surface area contributed by atoms with E-state index in [1.54, 1.807) is 32.5 Å². The van der Waals surface area contributed by atoms with Gasteiger partial charge in [-0.1, -0.05) is 12.1 Å². The Labute approximate surface area is 182 Å². The number of benzene rings is 1. The molecule has 0 aliphatic rings. The fourth-order valence-electron chi connectivity index (χ4n) is 2.51. The second-order valence-electron chi connectivity index (χ2n) is 5.99. The molecule has 6 nitrogen and oxygen atoms in total. The first kappa shape index (κ1) is 23.5. The van der Waals surface area contributed by atoms with E-state index in [9.17, 15) is 5.11 Å². The van der Waals surface area contributed by atoms with E-state index in [-0.39, 0.29) is 24.0 Å². The van der Waals surface area contributed by atoms with Gasteiger partial charge in [0.05, 0.1) is 27.3 Å². The Balaban J connectivity index is 0.00000364. The Kier molecular flexibility index (Phi) is 9.89. The van der Waals surface area contributed by atoms with E-state index in [0.717, 1.165) is 17.7 Å². The highest BCUT2D eigenvalue weighted by atomic mass is 127. The first-order valence-electron chi connectivity index (χ1n) is 8.49. The van der Waals surface area contributed by atoms with Gasteiger partial charge >= 0.3 is 0 Å². The number of nitrogens with zero attached hydrogens (tertiary/aromatic N) is 1. The number of hydrogen-bond donors (Lipinski definition) is 3. The Hall–Kier alpha value is -1.52. The minimum atomic E-state index is -0.968. The Bertz CT molecular complexity index is 721. The van der Waals surface area contributed by atoms with Crippen LogP contribution in [0.5, 0.6) is 11.5 Å². The molecule has 0 spiro atoms. The standard InChI is InChI=1S/C19H27N3O3S.HI/c1-5-20-18(22-13-19(2,23)15-9-10-26-12-15)21-11-14-7-6-8-16(24-3)17(14)25-4;/h6-10,12,23H,5,11,13H2,1-4H3,(H2,20,21,22);1H. The predicted molar refractivity (Wildman–Crippen MR) is 122 cm³/mol. The van der Waals surface area contributed by atoms with Crippen LogP contribution in [0.1, 0.15) is 25.0 Å². The minimum absolute atomic E-state index is 0. The van der Waals surface area contributed by atoms with Crippen molar-refractivity contribution in [3.63, 3.8) is 0 Å². The van der Waals surface area contributed by atoms with Crippen molar-refractivity contribution in [1.82, 2.24) is 10.6 Å². The quantitative estimate of drug-likeness (QED) is 0.292. The maximum atomic E-state index is 10.7. The van der Waals surface area contributed by atoms with Gasteiger partial charge in [0.2, 0.25) is 0 Å². The summed E-state index contributed by atoms with van der Waals surface area (Å²) in [4.78, 5) is 4.60. The Morgan fingerprint density at radius 2 is 2.00 bits per heavy atom. The molecule has 0 amide bonds. The van der Waals surface area contributed by atoms with Gasteiger partial charge in [-0.3, -0.25) is 0 Å². The highest BCUT2D eigenvalue weighted by Gasteiger charge is 2.23. The highest BCUT2D eigenvalue weighted by Crippen LogP contribution is 2.31. The summed E-state index contributed by atoms with van der Waals surface area (Å²) >= 11 is 1.57. The molecule has 0 bridgehead atoms. The van der Waals surface area contributed by atoms with Gasteiger partial charge in [0, 0.05) is 12.1 Å². The van der Waals surface area contributed by atoms with E-state index in [1.807, 2.05) is 41.9 Å². The second kappa shape index (κ2) is 11.4. The third-order valence-corrected chi connectivity index (χ3v) is 4.66. The van der Waals surface area contributed by atoms with E-state index < -0.39 is 5.60 Å². The molecule has 0 aliphatic heterocycles. The van der Waals surface area contributed by atoms with Gasteiger partial charge in [-0.25, -0.2) is 4.99 Å². The Morgan fingerprint density at radius 1 is 1.22 bits per heavy atom. The summed E-state index contributed by atoms with van der Waals surface area (Å²) in [6, 6.07) is 7.65. The van der Waals surface area contributed by atoms with Crippen molar-refractivity contribution >= 4 is 41.3 Å². The van der Waals surface area contributed by atoms with Gasteiger partial charge in [0.1, 0.15) is 5.60 Å². The largest absolute Gasteiger partial charge is 0.493 e. The molecule has 3 N–H and O–H groups in total. The van der Waals surface area contributed by atoms with Crippen molar-refractivity contribution in [3.8, 4) is 11.5 Å². The third-order valence-electron chi connectivity index (χ3n) is 3.98. The summed E-state index contributed by atoms with van der Waals surface area (Å²) in [5.41, 5.74) is 0.845. The van der Waals surface area contributed by atoms with E-state index in [1.165, 1.54) is 0 Å². The molecule has 8 heteroatoms. The first-order valence-corrected chi connectivity index (χ1v) is 9.43. The molecule has 0 saturated carbocycles. The molecule has 150 valence electrons. The number of aliphatic imine (C=N–C) groups is 1. The van der Waals surface area contributed by atoms with Crippen molar-refractivity contribution in [2.75, 3.05) is 27.3 Å². The maximum Gasteiger partial charge on any atom is 0.191 e. The molecule has 1 aromatic heterocycles. The Morgan fingerprint density at radius 3 is 2.59 bits per heavy atom. The third kappa shape index (κ3) is 6.54. The van der Waals surface area contributed by atoms with Crippen LogP contribution >= 0.6 is 35.3 Å². The zero-order valence-electron chi connectivity index (χ0n) is 16.1. The first-order chi connectivity index (χ1) is 12.5. The summed E-state index contributed by atoms with van der Waals surface area (Å²) in [6.45, 7) is 5.29. The second-order valence-corrected chi connectivity index (χ2v) is 6.77. The van der Waals surface area contributed by atoms with E-state index >= 15 is 0 Å². The predicted octanol–water partition coefficient (Wildman–Crippen LogP) is 3.35. The van der Waals surface area contributed by atoms with E-state index in [4.69, 9.17) is 9.47 Å². The average molecular weight is 505 g/mol. The van der Waals surface area contributed by atoms with Crippen LogP contribution in [0.4, 0.5) is 0 Å². The lowest BCUT2D eigenvalue weighted by molar-refractivity contribution is 0.0621. The van der Waals surface area contributed by atoms with Crippen LogP contribution < -0.4 is 20.1 Å². The van der Waals surface area contributed by atoms with Gasteiger partial charge < -0.3 is 25.2 Å². The molecular weight excluding hydrogens is 477 g/mol. The van der Waals surface area contributed by atoms with Gasteiger partial charge in [-0.05, 0) is 42.3 Å². The fourth-order valence-corrected chi connectivity index (χ4v) is 3.30. The summed E-state index contributed by atoms with van der Waals surface area (Å²) in [6.07, 6.45) is 0. The van der Waals surface area contributed by atoms with Crippen LogP contribution in [0.15, 0.2) is 40.0 Å². The van der Waals surface area contributed by atoms with E-state index in [0.29, 0.717) is 30.5 Å². The topological polar surface area (TPSA) is 75.1 Å². The number of para-hydroxylation sites is 1. The molecular formula is C19H28IN3O3S. The summed E-state index contributed by atoms with van der Waals surface area (Å²) < 4.78 is 10.8. The lowest BCUT2D eigenvalue weighted by Crippen LogP contribution is -2.44. The highest BCUT2D eigenvalue weighted by molar-refractivity contribution is 14.0. The maximum absolute atomic E-state index is 10.7. The average Bonchev–Trinajstić information content (AvgIpc) is 3.19. The van der Waals surface area contributed by atoms with Crippen molar-refractivity contribution in [3.05, 3.63) is 46.2 Å². The molecule has 0 aliphatic carbocycles. The zero-order chi connectivity index (χ0) is 19.0. The number of guanidine groups is 1. The van der Waals surface area contributed by atoms with Crippen LogP contribution in [0, 0.1) is 0 Å². The lowest BCUT2D eigenvalue weighted by atomic mass is 9.99. The van der Waals surface area contributed by atoms with E-state index in [2.05, 4.69) is 15.6 Å². The summed E-state index contributed by atoms with van der Waals surface area (Å²) in [7, 11) is 3.23. The monoisotopic (exact) mass is 505 g/mol. The number of thiophene rings is 1. The molecule has 1 atom stereocenters. The molecule has 27 heavy (non-hydrogen) atoms. The number of methoxy groups -OCH3 is 2. The van der Waals surface area contributed by atoms with Gasteiger partial charge in [-0.15, -0.1) is 24.0 Å². The normalized spacial score (nSPS) is 13.3. The minimum Gasteiger partial charge on any atom is -0.493 e. The molecule has 0 radical (unpaired) electrons. The van der Waals surface area contributed by atoms with Gasteiger partial charge in [-0.2, -0.15) is 11.3 Å². The van der Waals surface area contributed by atoms with Crippen LogP contribution in [-0.4, -0.2) is 38.4 Å². The van der Waals surface area contributed by atoms with Crippen molar-refractivity contribution < 1.29 is 14.6 Å². The van der Waals surface area contributed by atoms with Crippen LogP contribution in [-0.2, 0) is 12.1 Å². The zero-order valence-corrected chi connectivity index (χ0v) is 19.3. The number of aliphatic hydroxyl groups is 1. The molecule has 0 fully saturated rings. The van der Waals surface area contributed by atoms with Gasteiger partial charge in [0.25, 0.3) is 0 Å². The van der Waals surface area contributed by atoms with Crippen molar-refractivity contribution in [1.29, 1.82) is 0 Å². The van der Waals surface area contributed by atoms with Crippen LogP contribution in [0.3, 0.4) is 0 Å². The molecule has 1 aromatic carbocycles. The number of halogens is 1. The van der Waals surface area contributed by atoms with Crippen LogP contribution in [0.2, 0.25) is 0 Å². The summed E-state index contributed by atoms with van der Waals surface area (Å²) in [5, 5.41) is 21.0. The molecule has 0 saturated heterocycles. The molecule has 2 aromatic rings. The fraction of sp³-hybridized carbons (Fsp3) is 0.421. The van der Waals surface area contributed by atoms with Gasteiger partial charge in [0.15, 0.2) is 17.5 Å². The number of hydrogen-bond acceptors (Lipinski definition) is 5. The number of ether oxygens (including phenoxy) is 2. The van der Waals surface area contributed by atoms with Crippen LogP contribution in [0.25, 0.3) is 0 Å². The smallest absolute Gasteiger partial charge is 0.191 e.